The number of aliphatic carboxylic acids is 1. The van der Waals surface area contributed by atoms with E-state index in [0.717, 1.165) is 28.8 Å². The fourth-order valence-electron chi connectivity index (χ4n) is 3.13. The van der Waals surface area contributed by atoms with E-state index in [-0.39, 0.29) is 12.3 Å². The van der Waals surface area contributed by atoms with Crippen LogP contribution in [0, 0.1) is 6.92 Å². The molecule has 8 heteroatoms. The number of halogens is 3. The molecule has 5 nitrogen and oxygen atoms in total. The Morgan fingerprint density at radius 2 is 1.90 bits per heavy atom. The maximum atomic E-state index is 12.7. The van der Waals surface area contributed by atoms with Crippen molar-refractivity contribution in [2.45, 2.75) is 38.8 Å². The van der Waals surface area contributed by atoms with Crippen molar-refractivity contribution in [3.05, 3.63) is 77.1 Å². The van der Waals surface area contributed by atoms with Crippen LogP contribution in [0.15, 0.2) is 54.9 Å². The predicted molar refractivity (Wildman–Crippen MR) is 110 cm³/mol. The Hall–Kier alpha value is -3.29. The molecule has 3 aromatic rings. The number of ether oxygens (including phenoxy) is 1. The molecular formula is C23H23F3N2O3. The molecular weight excluding hydrogens is 409 g/mol. The van der Waals surface area contributed by atoms with Crippen LogP contribution in [0.3, 0.4) is 0 Å². The topological polar surface area (TPSA) is 64.4 Å². The average Bonchev–Trinajstić information content (AvgIpc) is 3.21. The van der Waals surface area contributed by atoms with Gasteiger partial charge >= 0.3 is 12.1 Å². The normalized spacial score (nSPS) is 12.5. The van der Waals surface area contributed by atoms with Crippen LogP contribution in [-0.2, 0) is 17.4 Å². The van der Waals surface area contributed by atoms with Crippen LogP contribution in [0.2, 0.25) is 0 Å². The van der Waals surface area contributed by atoms with E-state index < -0.39 is 17.7 Å². The molecule has 0 bridgehead atoms. The summed E-state index contributed by atoms with van der Waals surface area (Å²) in [7, 11) is 0. The monoisotopic (exact) mass is 432 g/mol. The summed E-state index contributed by atoms with van der Waals surface area (Å²) in [6.07, 6.45) is -0.364. The van der Waals surface area contributed by atoms with E-state index in [1.165, 1.54) is 16.8 Å². The number of nitrogens with zero attached hydrogens (tertiary/aromatic N) is 2. The Morgan fingerprint density at radius 3 is 2.52 bits per heavy atom. The number of carboxylic acid groups (broad SMARTS) is 1. The molecule has 1 aromatic heterocycles. The van der Waals surface area contributed by atoms with Crippen molar-refractivity contribution >= 4 is 5.97 Å². The van der Waals surface area contributed by atoms with Gasteiger partial charge in [-0.2, -0.15) is 18.3 Å². The first kappa shape index (κ1) is 22.4. The van der Waals surface area contributed by atoms with E-state index in [4.69, 9.17) is 9.84 Å². The summed E-state index contributed by atoms with van der Waals surface area (Å²) in [5.74, 6) is -0.126. The molecule has 1 heterocycles. The van der Waals surface area contributed by atoms with Gasteiger partial charge in [-0.3, -0.25) is 4.79 Å². The molecule has 0 aliphatic heterocycles. The summed E-state index contributed by atoms with van der Waals surface area (Å²) in [4.78, 5) is 10.7. The minimum absolute atomic E-state index is 0.00944. The first-order chi connectivity index (χ1) is 14.6. The summed E-state index contributed by atoms with van der Waals surface area (Å²) in [5, 5.41) is 13.1. The maximum Gasteiger partial charge on any atom is 0.416 e. The number of rotatable bonds is 8. The lowest BCUT2D eigenvalue weighted by atomic mass is 10.0. The number of hydrogen-bond acceptors (Lipinski definition) is 3. The van der Waals surface area contributed by atoms with Crippen molar-refractivity contribution in [1.82, 2.24) is 9.78 Å². The second-order valence-electron chi connectivity index (χ2n) is 7.46. The van der Waals surface area contributed by atoms with Crippen molar-refractivity contribution in [3.63, 3.8) is 0 Å². The van der Waals surface area contributed by atoms with Gasteiger partial charge in [0.25, 0.3) is 0 Å². The van der Waals surface area contributed by atoms with Gasteiger partial charge in [0.2, 0.25) is 0 Å². The number of aromatic nitrogens is 2. The minimum atomic E-state index is -4.37. The van der Waals surface area contributed by atoms with Crippen molar-refractivity contribution in [3.8, 4) is 11.4 Å². The highest BCUT2D eigenvalue weighted by Crippen LogP contribution is 2.29. The van der Waals surface area contributed by atoms with Gasteiger partial charge in [0.05, 0.1) is 24.1 Å². The molecule has 0 fully saturated rings. The lowest BCUT2D eigenvalue weighted by Crippen LogP contribution is -2.07. The van der Waals surface area contributed by atoms with Crippen molar-refractivity contribution < 1.29 is 27.8 Å². The standard InChI is InChI=1S/C23H23F3N2O3/c1-15-11-21(9-3-17(15)4-10-22(29)30)31-14-16(2)18-12-27-28(13-18)20-7-5-19(6-8-20)23(24,25)26/h3,5-9,11-13,16H,4,10,14H2,1-2H3,(H,29,30). The average molecular weight is 432 g/mol. The molecule has 0 saturated heterocycles. The summed E-state index contributed by atoms with van der Waals surface area (Å²) in [5.41, 5.74) is 2.69. The fourth-order valence-corrected chi connectivity index (χ4v) is 3.13. The summed E-state index contributed by atoms with van der Waals surface area (Å²) in [6.45, 7) is 4.29. The molecule has 0 aliphatic carbocycles. The van der Waals surface area contributed by atoms with Gasteiger partial charge in [0, 0.05) is 18.5 Å². The number of alkyl halides is 3. The highest BCUT2D eigenvalue weighted by molar-refractivity contribution is 5.67. The first-order valence-corrected chi connectivity index (χ1v) is 9.80. The molecule has 0 aliphatic rings. The Bertz CT molecular complexity index is 1040. The molecule has 0 saturated carbocycles. The highest BCUT2D eigenvalue weighted by atomic mass is 19.4. The van der Waals surface area contributed by atoms with Gasteiger partial charge in [-0.05, 0) is 66.4 Å². The van der Waals surface area contributed by atoms with E-state index in [0.29, 0.717) is 24.5 Å². The van der Waals surface area contributed by atoms with Gasteiger partial charge in [0.15, 0.2) is 0 Å². The van der Waals surface area contributed by atoms with Crippen LogP contribution in [0.5, 0.6) is 5.75 Å². The molecule has 0 spiro atoms. The smallest absolute Gasteiger partial charge is 0.416 e. The zero-order valence-electron chi connectivity index (χ0n) is 17.2. The predicted octanol–water partition coefficient (Wildman–Crippen LogP) is 5.40. The molecule has 1 N–H and O–H groups in total. The number of aryl methyl sites for hydroxylation is 2. The van der Waals surface area contributed by atoms with Crippen LogP contribution in [0.25, 0.3) is 5.69 Å². The first-order valence-electron chi connectivity index (χ1n) is 9.80. The van der Waals surface area contributed by atoms with E-state index in [1.54, 1.807) is 12.4 Å². The zero-order valence-corrected chi connectivity index (χ0v) is 17.2. The third-order valence-electron chi connectivity index (χ3n) is 5.05. The quantitative estimate of drug-likeness (QED) is 0.518. The fraction of sp³-hybridized carbons (Fsp3) is 0.304. The SMILES string of the molecule is Cc1cc(OCC(C)c2cnn(-c3ccc(C(F)(F)F)cc3)c2)ccc1CCC(=O)O. The Labute approximate surface area is 178 Å². The van der Waals surface area contributed by atoms with Crippen LogP contribution >= 0.6 is 0 Å². The zero-order chi connectivity index (χ0) is 22.6. The molecule has 2 aromatic carbocycles. The molecule has 1 atom stereocenters. The second kappa shape index (κ2) is 9.24. The number of benzene rings is 2. The van der Waals surface area contributed by atoms with Crippen molar-refractivity contribution in [2.75, 3.05) is 6.61 Å². The summed E-state index contributed by atoms with van der Waals surface area (Å²) in [6, 6.07) is 10.4. The van der Waals surface area contributed by atoms with E-state index in [9.17, 15) is 18.0 Å². The van der Waals surface area contributed by atoms with Crippen molar-refractivity contribution in [2.24, 2.45) is 0 Å². The maximum absolute atomic E-state index is 12.7. The lowest BCUT2D eigenvalue weighted by Gasteiger charge is -2.13. The number of carbonyl (C=O) groups is 1. The van der Waals surface area contributed by atoms with Gasteiger partial charge in [-0.1, -0.05) is 13.0 Å². The van der Waals surface area contributed by atoms with Gasteiger partial charge in [-0.25, -0.2) is 4.68 Å². The Morgan fingerprint density at radius 1 is 1.19 bits per heavy atom. The molecule has 3 rings (SSSR count). The molecule has 164 valence electrons. The Kier molecular flexibility index (Phi) is 6.68. The van der Waals surface area contributed by atoms with Crippen LogP contribution in [0.4, 0.5) is 13.2 Å². The van der Waals surface area contributed by atoms with E-state index >= 15 is 0 Å². The summed E-state index contributed by atoms with van der Waals surface area (Å²) < 4.78 is 45.6. The molecule has 0 amide bonds. The Balaban J connectivity index is 1.60. The minimum Gasteiger partial charge on any atom is -0.493 e. The molecule has 0 radical (unpaired) electrons. The van der Waals surface area contributed by atoms with Gasteiger partial charge in [0.1, 0.15) is 5.75 Å². The van der Waals surface area contributed by atoms with E-state index in [2.05, 4.69) is 5.10 Å². The lowest BCUT2D eigenvalue weighted by molar-refractivity contribution is -0.138. The molecule has 1 unspecified atom stereocenters. The third kappa shape index (κ3) is 5.87. The van der Waals surface area contributed by atoms with Crippen LogP contribution in [0.1, 0.15) is 41.5 Å². The van der Waals surface area contributed by atoms with Gasteiger partial charge < -0.3 is 9.84 Å². The number of carboxylic acids is 1. The molecule has 31 heavy (non-hydrogen) atoms. The summed E-state index contributed by atoms with van der Waals surface area (Å²) >= 11 is 0. The van der Waals surface area contributed by atoms with Gasteiger partial charge in [-0.15, -0.1) is 0 Å². The van der Waals surface area contributed by atoms with Crippen LogP contribution < -0.4 is 4.74 Å². The number of hydrogen-bond donors (Lipinski definition) is 1. The van der Waals surface area contributed by atoms with E-state index in [1.807, 2.05) is 32.0 Å². The highest BCUT2D eigenvalue weighted by Gasteiger charge is 2.30. The van der Waals surface area contributed by atoms with Crippen LogP contribution in [-0.4, -0.2) is 27.5 Å². The third-order valence-corrected chi connectivity index (χ3v) is 5.05. The second-order valence-corrected chi connectivity index (χ2v) is 7.46. The largest absolute Gasteiger partial charge is 0.493 e. The van der Waals surface area contributed by atoms with Crippen molar-refractivity contribution in [1.29, 1.82) is 0 Å².